The van der Waals surface area contributed by atoms with Crippen LogP contribution in [0.3, 0.4) is 0 Å². The third-order valence-electron chi connectivity index (χ3n) is 7.85. The summed E-state index contributed by atoms with van der Waals surface area (Å²) in [5.74, 6) is 3.28. The average molecular weight is 344 g/mol. The standard InChI is InChI=1S/C23H37NO/c1-2-23(25)24(21-15-7-11-17-9-3-5-13-19(17)21)22-16-8-12-18-10-4-6-14-20(18)22/h3-6,17-23,25H,2,7-16H2,1H3. The van der Waals surface area contributed by atoms with Crippen molar-refractivity contribution in [1.29, 1.82) is 0 Å². The van der Waals surface area contributed by atoms with Crippen molar-refractivity contribution in [2.24, 2.45) is 23.7 Å². The predicted octanol–water partition coefficient (Wildman–Crippen LogP) is 5.29. The summed E-state index contributed by atoms with van der Waals surface area (Å²) in [7, 11) is 0. The third kappa shape index (κ3) is 3.49. The summed E-state index contributed by atoms with van der Waals surface area (Å²) in [4.78, 5) is 2.66. The van der Waals surface area contributed by atoms with Crippen LogP contribution in [0, 0.1) is 23.7 Å². The van der Waals surface area contributed by atoms with Gasteiger partial charge >= 0.3 is 0 Å². The zero-order valence-electron chi connectivity index (χ0n) is 16.0. The first-order chi connectivity index (χ1) is 12.3. The van der Waals surface area contributed by atoms with Crippen molar-refractivity contribution < 1.29 is 5.11 Å². The zero-order chi connectivity index (χ0) is 17.2. The number of rotatable bonds is 4. The minimum absolute atomic E-state index is 0.246. The van der Waals surface area contributed by atoms with Crippen molar-refractivity contribution >= 4 is 0 Å². The Bertz CT molecular complexity index is 458. The molecule has 25 heavy (non-hydrogen) atoms. The van der Waals surface area contributed by atoms with Crippen molar-refractivity contribution in [3.8, 4) is 0 Å². The van der Waals surface area contributed by atoms with Gasteiger partial charge in [-0.3, -0.25) is 4.90 Å². The second kappa shape index (κ2) is 7.96. The van der Waals surface area contributed by atoms with Crippen LogP contribution in [0.2, 0.25) is 0 Å². The van der Waals surface area contributed by atoms with Crippen LogP contribution in [0.25, 0.3) is 0 Å². The number of hydrogen-bond acceptors (Lipinski definition) is 2. The van der Waals surface area contributed by atoms with E-state index in [1.807, 2.05) is 0 Å². The lowest BCUT2D eigenvalue weighted by Gasteiger charge is -2.53. The smallest absolute Gasteiger partial charge is 0.107 e. The van der Waals surface area contributed by atoms with Gasteiger partial charge in [-0.25, -0.2) is 0 Å². The molecule has 7 atom stereocenters. The lowest BCUT2D eigenvalue weighted by molar-refractivity contribution is -0.115. The normalized spacial score (nSPS) is 42.0. The molecular formula is C23H37NO. The fourth-order valence-electron chi connectivity index (χ4n) is 6.64. The van der Waals surface area contributed by atoms with Gasteiger partial charge in [0.1, 0.15) is 6.23 Å². The van der Waals surface area contributed by atoms with Crippen molar-refractivity contribution in [2.75, 3.05) is 0 Å². The van der Waals surface area contributed by atoms with Gasteiger partial charge in [-0.1, -0.05) is 44.1 Å². The molecule has 0 aromatic carbocycles. The Morgan fingerprint density at radius 2 is 1.28 bits per heavy atom. The first kappa shape index (κ1) is 17.8. The van der Waals surface area contributed by atoms with E-state index >= 15 is 0 Å². The van der Waals surface area contributed by atoms with Crippen LogP contribution in [0.1, 0.15) is 77.6 Å². The largest absolute Gasteiger partial charge is 0.378 e. The fourth-order valence-corrected chi connectivity index (χ4v) is 6.64. The second-order valence-electron chi connectivity index (χ2n) is 9.07. The highest BCUT2D eigenvalue weighted by Crippen LogP contribution is 2.46. The van der Waals surface area contributed by atoms with Gasteiger partial charge in [-0.2, -0.15) is 0 Å². The molecule has 0 bridgehead atoms. The van der Waals surface area contributed by atoms with Gasteiger partial charge in [0.05, 0.1) is 0 Å². The molecule has 2 saturated carbocycles. The van der Waals surface area contributed by atoms with Gasteiger partial charge in [0.2, 0.25) is 0 Å². The Morgan fingerprint density at radius 3 is 1.76 bits per heavy atom. The highest BCUT2D eigenvalue weighted by molar-refractivity contribution is 5.05. The van der Waals surface area contributed by atoms with Crippen molar-refractivity contribution in [1.82, 2.24) is 4.90 Å². The number of aliphatic hydroxyl groups is 1. The topological polar surface area (TPSA) is 23.5 Å². The molecule has 2 nitrogen and oxygen atoms in total. The van der Waals surface area contributed by atoms with Crippen LogP contribution in [0.4, 0.5) is 0 Å². The van der Waals surface area contributed by atoms with Gasteiger partial charge < -0.3 is 5.11 Å². The molecule has 0 aliphatic heterocycles. The molecule has 7 unspecified atom stereocenters. The molecule has 0 amide bonds. The molecule has 0 aromatic rings. The van der Waals surface area contributed by atoms with Crippen LogP contribution < -0.4 is 0 Å². The van der Waals surface area contributed by atoms with E-state index < -0.39 is 0 Å². The summed E-state index contributed by atoms with van der Waals surface area (Å²) in [5.41, 5.74) is 0. The molecule has 4 rings (SSSR count). The van der Waals surface area contributed by atoms with E-state index in [1.165, 1.54) is 64.2 Å². The van der Waals surface area contributed by atoms with E-state index in [1.54, 1.807) is 0 Å². The summed E-state index contributed by atoms with van der Waals surface area (Å²) in [6, 6.07) is 1.21. The van der Waals surface area contributed by atoms with Crippen LogP contribution in [0.15, 0.2) is 24.3 Å². The van der Waals surface area contributed by atoms with Gasteiger partial charge in [0.25, 0.3) is 0 Å². The number of aliphatic hydroxyl groups excluding tert-OH is 1. The molecule has 1 N–H and O–H groups in total. The summed E-state index contributed by atoms with van der Waals surface area (Å²) < 4.78 is 0. The van der Waals surface area contributed by atoms with Crippen LogP contribution >= 0.6 is 0 Å². The molecule has 2 fully saturated rings. The van der Waals surface area contributed by atoms with E-state index in [4.69, 9.17) is 0 Å². The number of fused-ring (bicyclic) bond motifs is 2. The summed E-state index contributed by atoms with van der Waals surface area (Å²) in [6.45, 7) is 2.17. The summed E-state index contributed by atoms with van der Waals surface area (Å²) >= 11 is 0. The maximum atomic E-state index is 11.1. The Kier molecular flexibility index (Phi) is 5.67. The Labute approximate surface area is 154 Å². The van der Waals surface area contributed by atoms with E-state index in [2.05, 4.69) is 36.1 Å². The first-order valence-electron chi connectivity index (χ1n) is 11.0. The first-order valence-corrected chi connectivity index (χ1v) is 11.0. The van der Waals surface area contributed by atoms with Crippen molar-refractivity contribution in [2.45, 2.75) is 95.9 Å². The van der Waals surface area contributed by atoms with Gasteiger partial charge in [0.15, 0.2) is 0 Å². The lowest BCUT2D eigenvalue weighted by Crippen LogP contribution is -2.58. The van der Waals surface area contributed by atoms with Crippen LogP contribution in [-0.2, 0) is 0 Å². The molecular weight excluding hydrogens is 306 g/mol. The Hall–Kier alpha value is -0.600. The maximum absolute atomic E-state index is 11.1. The quantitative estimate of drug-likeness (QED) is 0.554. The van der Waals surface area contributed by atoms with Crippen LogP contribution in [0.5, 0.6) is 0 Å². The van der Waals surface area contributed by atoms with E-state index in [0.29, 0.717) is 12.1 Å². The molecule has 0 saturated heterocycles. The van der Waals surface area contributed by atoms with Gasteiger partial charge in [0, 0.05) is 12.1 Å². The number of nitrogens with zero attached hydrogens (tertiary/aromatic N) is 1. The average Bonchev–Trinajstić information content (AvgIpc) is 2.68. The number of allylic oxidation sites excluding steroid dienone is 4. The summed E-state index contributed by atoms with van der Waals surface area (Å²) in [5, 5.41) is 11.1. The fraction of sp³-hybridized carbons (Fsp3) is 0.826. The Morgan fingerprint density at radius 1 is 0.800 bits per heavy atom. The third-order valence-corrected chi connectivity index (χ3v) is 7.85. The summed E-state index contributed by atoms with van der Waals surface area (Å²) in [6.07, 6.45) is 23.4. The van der Waals surface area contributed by atoms with Crippen LogP contribution in [-0.4, -0.2) is 28.3 Å². The minimum atomic E-state index is -0.246. The molecule has 140 valence electrons. The molecule has 0 radical (unpaired) electrons. The SMILES string of the molecule is CCC(O)N(C1CCCC2CC=CCC21)C1CCCC2CC=CCC21. The molecule has 0 heterocycles. The van der Waals surface area contributed by atoms with Crippen molar-refractivity contribution in [3.05, 3.63) is 24.3 Å². The molecule has 0 aromatic heterocycles. The van der Waals surface area contributed by atoms with Gasteiger partial charge in [-0.05, 0) is 81.5 Å². The van der Waals surface area contributed by atoms with E-state index in [0.717, 1.165) is 30.1 Å². The highest BCUT2D eigenvalue weighted by Gasteiger charge is 2.45. The minimum Gasteiger partial charge on any atom is -0.378 e. The molecule has 4 aliphatic carbocycles. The van der Waals surface area contributed by atoms with Crippen molar-refractivity contribution in [3.63, 3.8) is 0 Å². The molecule has 4 aliphatic rings. The number of hydrogen-bond donors (Lipinski definition) is 1. The molecule has 0 spiro atoms. The predicted molar refractivity (Wildman–Crippen MR) is 104 cm³/mol. The second-order valence-corrected chi connectivity index (χ2v) is 9.07. The van der Waals surface area contributed by atoms with E-state index in [-0.39, 0.29) is 6.23 Å². The monoisotopic (exact) mass is 343 g/mol. The zero-order valence-corrected chi connectivity index (χ0v) is 16.0. The maximum Gasteiger partial charge on any atom is 0.107 e. The van der Waals surface area contributed by atoms with E-state index in [9.17, 15) is 5.11 Å². The molecule has 2 heteroatoms. The lowest BCUT2D eigenvalue weighted by atomic mass is 9.66. The Balaban J connectivity index is 1.61. The highest BCUT2D eigenvalue weighted by atomic mass is 16.3. The van der Waals surface area contributed by atoms with Gasteiger partial charge in [-0.15, -0.1) is 0 Å².